The molecule has 1 rings (SSSR count). The van der Waals surface area contributed by atoms with Gasteiger partial charge in [0, 0.05) is 0 Å². The van der Waals surface area contributed by atoms with Crippen LogP contribution in [0.1, 0.15) is 30.5 Å². The van der Waals surface area contributed by atoms with Crippen molar-refractivity contribution in [2.45, 2.75) is 32.5 Å². The zero-order valence-electron chi connectivity index (χ0n) is 11.6. The van der Waals surface area contributed by atoms with Crippen LogP contribution < -0.4 is 10.6 Å². The Kier molecular flexibility index (Phi) is 6.01. The highest BCUT2D eigenvalue weighted by atomic mass is 19.4. The van der Waals surface area contributed by atoms with E-state index in [2.05, 4.69) is 10.6 Å². The van der Waals surface area contributed by atoms with Crippen LogP contribution in [0, 0.1) is 6.92 Å². The van der Waals surface area contributed by atoms with Crippen molar-refractivity contribution in [1.29, 1.82) is 0 Å². The van der Waals surface area contributed by atoms with Gasteiger partial charge in [0.1, 0.15) is 0 Å². The van der Waals surface area contributed by atoms with E-state index in [0.717, 1.165) is 11.1 Å². The summed E-state index contributed by atoms with van der Waals surface area (Å²) >= 11 is 0. The van der Waals surface area contributed by atoms with Crippen LogP contribution in [-0.4, -0.2) is 25.2 Å². The summed E-state index contributed by atoms with van der Waals surface area (Å²) in [7, 11) is 0. The molecule has 0 aliphatic rings. The molecule has 6 heteroatoms. The number of carbonyl (C=O) groups is 1. The maximum absolute atomic E-state index is 11.9. The highest BCUT2D eigenvalue weighted by Gasteiger charge is 2.26. The van der Waals surface area contributed by atoms with Gasteiger partial charge >= 0.3 is 6.18 Å². The van der Waals surface area contributed by atoms with Crippen LogP contribution in [0.5, 0.6) is 0 Å². The lowest BCUT2D eigenvalue weighted by Gasteiger charge is -2.18. The zero-order chi connectivity index (χ0) is 15.2. The summed E-state index contributed by atoms with van der Waals surface area (Å²) in [5.41, 5.74) is 2.06. The van der Waals surface area contributed by atoms with Crippen molar-refractivity contribution in [3.63, 3.8) is 0 Å². The highest BCUT2D eigenvalue weighted by Crippen LogP contribution is 2.17. The van der Waals surface area contributed by atoms with E-state index in [1.54, 1.807) is 0 Å². The van der Waals surface area contributed by atoms with E-state index >= 15 is 0 Å². The number of amides is 1. The fourth-order valence-corrected chi connectivity index (χ4v) is 1.78. The van der Waals surface area contributed by atoms with Gasteiger partial charge in [0.25, 0.3) is 0 Å². The highest BCUT2D eigenvalue weighted by molar-refractivity contribution is 5.78. The Labute approximate surface area is 116 Å². The number of nitrogens with one attached hydrogen (secondary N) is 2. The standard InChI is InChI=1S/C14H19F3N2O/c1-3-12(11-6-4-10(2)5-7-11)19-13(20)8-18-9-14(15,16)17/h4-7,12,18H,3,8-9H2,1-2H3,(H,19,20). The third-order valence-electron chi connectivity index (χ3n) is 2.83. The number of halogens is 3. The fourth-order valence-electron chi connectivity index (χ4n) is 1.78. The number of benzene rings is 1. The average Bonchev–Trinajstić information content (AvgIpc) is 2.35. The molecule has 0 radical (unpaired) electrons. The van der Waals surface area contributed by atoms with Gasteiger partial charge in [0.2, 0.25) is 5.91 Å². The van der Waals surface area contributed by atoms with Crippen molar-refractivity contribution in [2.75, 3.05) is 13.1 Å². The van der Waals surface area contributed by atoms with Crippen molar-refractivity contribution < 1.29 is 18.0 Å². The molecular formula is C14H19F3N2O. The molecule has 0 saturated heterocycles. The van der Waals surface area contributed by atoms with Gasteiger partial charge in [-0.05, 0) is 18.9 Å². The van der Waals surface area contributed by atoms with Gasteiger partial charge in [-0.3, -0.25) is 4.79 Å². The summed E-state index contributed by atoms with van der Waals surface area (Å²) < 4.78 is 35.8. The van der Waals surface area contributed by atoms with E-state index in [1.807, 2.05) is 38.1 Å². The van der Waals surface area contributed by atoms with E-state index in [0.29, 0.717) is 6.42 Å². The fraction of sp³-hybridized carbons (Fsp3) is 0.500. The van der Waals surface area contributed by atoms with Crippen molar-refractivity contribution in [3.8, 4) is 0 Å². The minimum Gasteiger partial charge on any atom is -0.348 e. The largest absolute Gasteiger partial charge is 0.401 e. The van der Waals surface area contributed by atoms with Gasteiger partial charge in [-0.1, -0.05) is 36.8 Å². The Hall–Kier alpha value is -1.56. The third-order valence-corrected chi connectivity index (χ3v) is 2.83. The molecule has 0 saturated carbocycles. The van der Waals surface area contributed by atoms with Gasteiger partial charge < -0.3 is 10.6 Å². The van der Waals surface area contributed by atoms with Gasteiger partial charge in [-0.2, -0.15) is 13.2 Å². The molecule has 0 spiro atoms. The first-order valence-electron chi connectivity index (χ1n) is 6.45. The minimum absolute atomic E-state index is 0.184. The molecule has 0 aliphatic heterocycles. The molecule has 1 aromatic rings. The smallest absolute Gasteiger partial charge is 0.348 e. The van der Waals surface area contributed by atoms with Crippen molar-refractivity contribution in [3.05, 3.63) is 35.4 Å². The number of alkyl halides is 3. The van der Waals surface area contributed by atoms with E-state index in [-0.39, 0.29) is 12.6 Å². The van der Waals surface area contributed by atoms with Crippen LogP contribution in [0.4, 0.5) is 13.2 Å². The van der Waals surface area contributed by atoms with Crippen LogP contribution >= 0.6 is 0 Å². The van der Waals surface area contributed by atoms with E-state index in [1.165, 1.54) is 0 Å². The third kappa shape index (κ3) is 6.06. The summed E-state index contributed by atoms with van der Waals surface area (Å²) in [6.45, 7) is 2.36. The number of aryl methyl sites for hydroxylation is 1. The normalized spacial score (nSPS) is 13.1. The van der Waals surface area contributed by atoms with E-state index in [4.69, 9.17) is 0 Å². The summed E-state index contributed by atoms with van der Waals surface area (Å²) in [5.74, 6) is -0.443. The van der Waals surface area contributed by atoms with Crippen LogP contribution in [0.25, 0.3) is 0 Å². The molecule has 1 aromatic carbocycles. The van der Waals surface area contributed by atoms with Crippen LogP contribution in [0.15, 0.2) is 24.3 Å². The Balaban J connectivity index is 2.48. The second kappa shape index (κ2) is 7.28. The molecule has 20 heavy (non-hydrogen) atoms. The quantitative estimate of drug-likeness (QED) is 0.845. The molecule has 2 N–H and O–H groups in total. The lowest BCUT2D eigenvalue weighted by atomic mass is 10.0. The minimum atomic E-state index is -4.30. The van der Waals surface area contributed by atoms with Gasteiger partial charge in [-0.15, -0.1) is 0 Å². The maximum Gasteiger partial charge on any atom is 0.401 e. The molecule has 0 heterocycles. The van der Waals surface area contributed by atoms with Gasteiger partial charge in [0.15, 0.2) is 0 Å². The summed E-state index contributed by atoms with van der Waals surface area (Å²) in [6.07, 6.45) is -3.63. The summed E-state index contributed by atoms with van der Waals surface area (Å²) in [4.78, 5) is 11.6. The molecule has 1 unspecified atom stereocenters. The van der Waals surface area contributed by atoms with E-state index in [9.17, 15) is 18.0 Å². The SMILES string of the molecule is CCC(NC(=O)CNCC(F)(F)F)c1ccc(C)cc1. The Morgan fingerprint density at radius 2 is 1.85 bits per heavy atom. The average molecular weight is 288 g/mol. The van der Waals surface area contributed by atoms with Crippen molar-refractivity contribution in [2.24, 2.45) is 0 Å². The van der Waals surface area contributed by atoms with E-state index < -0.39 is 18.6 Å². The summed E-state index contributed by atoms with van der Waals surface area (Å²) in [6, 6.07) is 7.51. The van der Waals surface area contributed by atoms with Crippen molar-refractivity contribution in [1.82, 2.24) is 10.6 Å². The predicted molar refractivity (Wildman–Crippen MR) is 71.3 cm³/mol. The topological polar surface area (TPSA) is 41.1 Å². The molecule has 0 bridgehead atoms. The molecule has 0 aromatic heterocycles. The van der Waals surface area contributed by atoms with Gasteiger partial charge in [0.05, 0.1) is 19.1 Å². The second-order valence-electron chi connectivity index (χ2n) is 4.66. The lowest BCUT2D eigenvalue weighted by Crippen LogP contribution is -2.39. The second-order valence-corrected chi connectivity index (χ2v) is 4.66. The number of hydrogen-bond donors (Lipinski definition) is 2. The van der Waals surface area contributed by atoms with Crippen LogP contribution in [0.3, 0.4) is 0 Å². The predicted octanol–water partition coefficient (Wildman–Crippen LogP) is 2.71. The van der Waals surface area contributed by atoms with Gasteiger partial charge in [-0.25, -0.2) is 0 Å². The monoisotopic (exact) mass is 288 g/mol. The molecule has 1 amide bonds. The number of carbonyl (C=O) groups excluding carboxylic acids is 1. The Bertz CT molecular complexity index is 429. The molecular weight excluding hydrogens is 269 g/mol. The lowest BCUT2D eigenvalue weighted by molar-refractivity contribution is -0.128. The molecule has 3 nitrogen and oxygen atoms in total. The first kappa shape index (κ1) is 16.5. The number of rotatable bonds is 6. The first-order chi connectivity index (χ1) is 9.31. The first-order valence-corrected chi connectivity index (χ1v) is 6.45. The Morgan fingerprint density at radius 1 is 1.25 bits per heavy atom. The van der Waals surface area contributed by atoms with Crippen molar-refractivity contribution >= 4 is 5.91 Å². The Morgan fingerprint density at radius 3 is 2.35 bits per heavy atom. The summed E-state index contributed by atoms with van der Waals surface area (Å²) in [5, 5.41) is 4.80. The number of hydrogen-bond acceptors (Lipinski definition) is 2. The maximum atomic E-state index is 11.9. The molecule has 112 valence electrons. The molecule has 0 aliphatic carbocycles. The molecule has 1 atom stereocenters. The van der Waals surface area contributed by atoms with Crippen LogP contribution in [0.2, 0.25) is 0 Å². The molecule has 0 fully saturated rings. The van der Waals surface area contributed by atoms with Crippen LogP contribution in [-0.2, 0) is 4.79 Å². The zero-order valence-corrected chi connectivity index (χ0v) is 11.6.